The Balaban J connectivity index is 2.88. The van der Waals surface area contributed by atoms with Gasteiger partial charge in [-0.2, -0.15) is 0 Å². The van der Waals surface area contributed by atoms with Crippen LogP contribution in [0.2, 0.25) is 5.02 Å². The van der Waals surface area contributed by atoms with Crippen molar-refractivity contribution in [3.63, 3.8) is 0 Å². The van der Waals surface area contributed by atoms with Crippen LogP contribution < -0.4 is 0 Å². The van der Waals surface area contributed by atoms with Gasteiger partial charge in [0, 0.05) is 10.6 Å². The van der Waals surface area contributed by atoms with E-state index in [1.807, 2.05) is 0 Å². The Morgan fingerprint density at radius 3 is 2.47 bits per heavy atom. The molecule has 0 saturated carbocycles. The molecule has 1 unspecified atom stereocenters. The molecule has 0 aromatic heterocycles. The second-order valence-corrected chi connectivity index (χ2v) is 3.73. The minimum Gasteiger partial charge on any atom is -0.481 e. The lowest BCUT2D eigenvalue weighted by Crippen LogP contribution is -2.10. The molecule has 4 heteroatoms. The van der Waals surface area contributed by atoms with Gasteiger partial charge in [0.1, 0.15) is 0 Å². The summed E-state index contributed by atoms with van der Waals surface area (Å²) in [5, 5.41) is 9.61. The first-order valence-electron chi connectivity index (χ1n) is 4.38. The molecule has 0 aliphatic rings. The van der Waals surface area contributed by atoms with Crippen molar-refractivity contribution in [1.82, 2.24) is 0 Å². The highest BCUT2D eigenvalue weighted by molar-refractivity contribution is 6.30. The first kappa shape index (κ1) is 12.1. The van der Waals surface area contributed by atoms with E-state index in [0.29, 0.717) is 11.4 Å². The predicted octanol–water partition coefficient (Wildman–Crippen LogP) is 3.65. The third-order valence-electron chi connectivity index (χ3n) is 2.03. The summed E-state index contributed by atoms with van der Waals surface area (Å²) >= 11 is 11.1. The second-order valence-electron chi connectivity index (χ2n) is 3.04. The van der Waals surface area contributed by atoms with Gasteiger partial charge >= 0.3 is 5.97 Å². The van der Waals surface area contributed by atoms with Crippen LogP contribution in [0.3, 0.4) is 0 Å². The van der Waals surface area contributed by atoms with E-state index >= 15 is 0 Å². The number of carbonyl (C=O) groups is 1. The normalized spacial score (nSPS) is 12.9. The summed E-state index contributed by atoms with van der Waals surface area (Å²) in [5.74, 6) is -1.44. The molecular weight excluding hydrogens is 235 g/mol. The fraction of sp³-hybridized carbons (Fsp3) is 0.182. The zero-order valence-electron chi connectivity index (χ0n) is 7.86. The third kappa shape index (κ3) is 3.57. The Hall–Kier alpha value is -0.990. The second kappa shape index (κ2) is 5.79. The fourth-order valence-corrected chi connectivity index (χ4v) is 1.49. The van der Waals surface area contributed by atoms with Gasteiger partial charge < -0.3 is 5.11 Å². The van der Waals surface area contributed by atoms with Crippen molar-refractivity contribution in [2.75, 3.05) is 0 Å². The highest BCUT2D eigenvalue weighted by atomic mass is 35.5. The van der Waals surface area contributed by atoms with E-state index in [-0.39, 0.29) is 0 Å². The maximum atomic E-state index is 11.0. The Kier molecular flexibility index (Phi) is 4.66. The largest absolute Gasteiger partial charge is 0.481 e. The van der Waals surface area contributed by atoms with Crippen molar-refractivity contribution in [2.45, 2.75) is 12.3 Å². The molecule has 2 nitrogen and oxygen atoms in total. The summed E-state index contributed by atoms with van der Waals surface area (Å²) in [4.78, 5) is 11.0. The highest BCUT2D eigenvalue weighted by Gasteiger charge is 2.17. The number of aliphatic carboxylic acids is 1. The molecule has 15 heavy (non-hydrogen) atoms. The molecule has 1 atom stereocenters. The van der Waals surface area contributed by atoms with Crippen LogP contribution in [-0.2, 0) is 4.79 Å². The van der Waals surface area contributed by atoms with E-state index in [4.69, 9.17) is 28.3 Å². The smallest absolute Gasteiger partial charge is 0.311 e. The quantitative estimate of drug-likeness (QED) is 0.878. The fourth-order valence-electron chi connectivity index (χ4n) is 1.26. The van der Waals surface area contributed by atoms with Crippen molar-refractivity contribution in [3.05, 3.63) is 46.5 Å². The molecule has 1 aromatic carbocycles. The number of rotatable bonds is 4. The maximum absolute atomic E-state index is 11.0. The lowest BCUT2D eigenvalue weighted by molar-refractivity contribution is -0.138. The van der Waals surface area contributed by atoms with Crippen LogP contribution in [0.4, 0.5) is 0 Å². The van der Waals surface area contributed by atoms with Crippen molar-refractivity contribution < 1.29 is 9.90 Å². The molecule has 0 spiro atoms. The molecule has 0 heterocycles. The lowest BCUT2D eigenvalue weighted by Gasteiger charge is -2.09. The Labute approximate surface area is 98.1 Å². The summed E-state index contributed by atoms with van der Waals surface area (Å²) in [5.41, 5.74) is 2.05. The van der Waals surface area contributed by atoms with Gasteiger partial charge in [-0.05, 0) is 24.1 Å². The van der Waals surface area contributed by atoms with Crippen LogP contribution in [-0.4, -0.2) is 11.1 Å². The average Bonchev–Trinajstić information content (AvgIpc) is 2.21. The molecule has 1 N–H and O–H groups in total. The maximum Gasteiger partial charge on any atom is 0.311 e. The number of halogens is 2. The standard InChI is InChI=1S/C11H10Cl2O2/c12-7-1-2-10(11(14)15)8-3-5-9(13)6-4-8/h1,3-7,10H,2H2,(H,14,15)/b7-1+. The first-order chi connectivity index (χ1) is 7.15. The molecule has 0 aliphatic heterocycles. The van der Waals surface area contributed by atoms with Crippen molar-refractivity contribution >= 4 is 29.2 Å². The van der Waals surface area contributed by atoms with Crippen molar-refractivity contribution in [1.29, 1.82) is 0 Å². The lowest BCUT2D eigenvalue weighted by atomic mass is 9.96. The molecule has 0 radical (unpaired) electrons. The third-order valence-corrected chi connectivity index (χ3v) is 2.46. The van der Waals surface area contributed by atoms with E-state index in [1.54, 1.807) is 30.3 Å². The summed E-state index contributed by atoms with van der Waals surface area (Å²) < 4.78 is 0. The van der Waals surface area contributed by atoms with Gasteiger partial charge in [0.05, 0.1) is 5.92 Å². The van der Waals surface area contributed by atoms with Crippen LogP contribution in [0.15, 0.2) is 35.9 Å². The Morgan fingerprint density at radius 1 is 1.40 bits per heavy atom. The van der Waals surface area contributed by atoms with E-state index in [2.05, 4.69) is 0 Å². The van der Waals surface area contributed by atoms with Crippen molar-refractivity contribution in [3.8, 4) is 0 Å². The number of allylic oxidation sites excluding steroid dienone is 1. The molecular formula is C11H10Cl2O2. The minimum atomic E-state index is -0.868. The van der Waals surface area contributed by atoms with Crippen LogP contribution in [0.5, 0.6) is 0 Å². The molecule has 0 bridgehead atoms. The molecule has 80 valence electrons. The van der Waals surface area contributed by atoms with Crippen LogP contribution in [0, 0.1) is 0 Å². The first-order valence-corrected chi connectivity index (χ1v) is 5.20. The van der Waals surface area contributed by atoms with Crippen LogP contribution in [0.1, 0.15) is 17.9 Å². The molecule has 0 aliphatic carbocycles. The van der Waals surface area contributed by atoms with Crippen LogP contribution >= 0.6 is 23.2 Å². The topological polar surface area (TPSA) is 37.3 Å². The highest BCUT2D eigenvalue weighted by Crippen LogP contribution is 2.22. The molecule has 0 fully saturated rings. The Morgan fingerprint density at radius 2 is 2.00 bits per heavy atom. The van der Waals surface area contributed by atoms with Gasteiger partial charge in [0.2, 0.25) is 0 Å². The Bertz CT molecular complexity index is 357. The molecule has 0 amide bonds. The zero-order valence-corrected chi connectivity index (χ0v) is 9.37. The number of hydrogen-bond acceptors (Lipinski definition) is 1. The summed E-state index contributed by atoms with van der Waals surface area (Å²) in [6.07, 6.45) is 2.00. The van der Waals surface area contributed by atoms with Crippen molar-refractivity contribution in [2.24, 2.45) is 0 Å². The van der Waals surface area contributed by atoms with Gasteiger partial charge in [0.25, 0.3) is 0 Å². The SMILES string of the molecule is O=C(O)C(C/C=C/Cl)c1ccc(Cl)cc1. The van der Waals surface area contributed by atoms with Gasteiger partial charge in [0.15, 0.2) is 0 Å². The van der Waals surface area contributed by atoms with Crippen LogP contribution in [0.25, 0.3) is 0 Å². The van der Waals surface area contributed by atoms with E-state index < -0.39 is 11.9 Å². The number of carboxylic acids is 1. The molecule has 0 saturated heterocycles. The summed E-state index contributed by atoms with van der Waals surface area (Å²) in [7, 11) is 0. The summed E-state index contributed by atoms with van der Waals surface area (Å²) in [6.45, 7) is 0. The van der Waals surface area contributed by atoms with Gasteiger partial charge in [-0.3, -0.25) is 4.79 Å². The average molecular weight is 245 g/mol. The van der Waals surface area contributed by atoms with Gasteiger partial charge in [-0.25, -0.2) is 0 Å². The monoisotopic (exact) mass is 244 g/mol. The zero-order chi connectivity index (χ0) is 11.3. The number of carboxylic acid groups (broad SMARTS) is 1. The summed E-state index contributed by atoms with van der Waals surface area (Å²) in [6, 6.07) is 6.78. The predicted molar refractivity (Wildman–Crippen MR) is 61.4 cm³/mol. The molecule has 1 rings (SSSR count). The van der Waals surface area contributed by atoms with E-state index in [1.165, 1.54) is 5.54 Å². The molecule has 1 aromatic rings. The van der Waals surface area contributed by atoms with Gasteiger partial charge in [-0.1, -0.05) is 41.4 Å². The minimum absolute atomic E-state index is 0.375. The van der Waals surface area contributed by atoms with E-state index in [9.17, 15) is 4.79 Å². The van der Waals surface area contributed by atoms with Gasteiger partial charge in [-0.15, -0.1) is 0 Å². The van der Waals surface area contributed by atoms with E-state index in [0.717, 1.165) is 5.56 Å². The number of benzene rings is 1. The number of hydrogen-bond donors (Lipinski definition) is 1.